The van der Waals surface area contributed by atoms with Gasteiger partial charge in [0.25, 0.3) is 5.56 Å². The number of hydrogen-bond donors (Lipinski definition) is 2. The lowest BCUT2D eigenvalue weighted by molar-refractivity contribution is 0.170. The van der Waals surface area contributed by atoms with Gasteiger partial charge in [0.1, 0.15) is 17.1 Å². The summed E-state index contributed by atoms with van der Waals surface area (Å²) in [6.07, 6.45) is 6.93. The third kappa shape index (κ3) is 4.76. The summed E-state index contributed by atoms with van der Waals surface area (Å²) in [4.78, 5) is 27.6. The Kier molecular flexibility index (Phi) is 5.76. The predicted molar refractivity (Wildman–Crippen MR) is 157 cm³/mol. The number of benzene rings is 2. The van der Waals surface area contributed by atoms with Gasteiger partial charge in [-0.2, -0.15) is 19.7 Å². The second kappa shape index (κ2) is 10.1. The second-order valence-corrected chi connectivity index (χ2v) is 12.4. The minimum absolute atomic E-state index is 0.107. The Hall–Kier alpha value is -3.90. The van der Waals surface area contributed by atoms with Gasteiger partial charge in [-0.3, -0.25) is 4.79 Å². The monoisotopic (exact) mass is 591 g/mol. The molecule has 3 aliphatic heterocycles. The van der Waals surface area contributed by atoms with Crippen LogP contribution in [0.25, 0.3) is 27.4 Å². The molecule has 3 saturated heterocycles. The first-order valence-corrected chi connectivity index (χ1v) is 14.9. The van der Waals surface area contributed by atoms with E-state index in [1.807, 2.05) is 4.90 Å². The SMILES string of the molecule is [2H]C([2H])(Oc1nc(N2C[C@H]3CC[C@@H](C2)N3)c2cnn(-c3cc(O)cc4ccc(F)c(F)c34)c(=O)c2n1)C1(CN2CCCC2)CC1. The van der Waals surface area contributed by atoms with Crippen molar-refractivity contribution >= 4 is 27.5 Å². The molecule has 2 N–H and O–H groups in total. The van der Waals surface area contributed by atoms with Crippen molar-refractivity contribution in [1.82, 2.24) is 30.0 Å². The maximum atomic E-state index is 15.1. The molecule has 8 rings (SSSR count). The molecule has 224 valence electrons. The first-order valence-electron chi connectivity index (χ1n) is 15.9. The number of hydrogen-bond acceptors (Lipinski definition) is 9. The molecule has 0 unspecified atom stereocenters. The summed E-state index contributed by atoms with van der Waals surface area (Å²) >= 11 is 0. The van der Waals surface area contributed by atoms with Crippen LogP contribution in [0.15, 0.2) is 35.3 Å². The summed E-state index contributed by atoms with van der Waals surface area (Å²) in [5.74, 6) is -2.15. The topological polar surface area (TPSA) is 109 Å². The Labute approximate surface area is 249 Å². The maximum Gasteiger partial charge on any atom is 0.319 e. The fourth-order valence-electron chi connectivity index (χ4n) is 6.91. The van der Waals surface area contributed by atoms with Crippen molar-refractivity contribution in [1.29, 1.82) is 0 Å². The summed E-state index contributed by atoms with van der Waals surface area (Å²) < 4.78 is 54.3. The number of nitrogens with one attached hydrogen (secondary N) is 1. The number of halogens is 2. The molecular formula is C31H33F2N7O3. The molecule has 2 aromatic heterocycles. The summed E-state index contributed by atoms with van der Waals surface area (Å²) in [6, 6.07) is 4.89. The Bertz CT molecular complexity index is 1890. The highest BCUT2D eigenvalue weighted by Gasteiger charge is 2.45. The van der Waals surface area contributed by atoms with E-state index >= 15 is 4.39 Å². The fraction of sp³-hybridized carbons (Fsp3) is 0.484. The molecule has 1 saturated carbocycles. The third-order valence-electron chi connectivity index (χ3n) is 9.26. The molecule has 12 heteroatoms. The second-order valence-electron chi connectivity index (χ2n) is 12.4. The van der Waals surface area contributed by atoms with E-state index in [0.29, 0.717) is 43.7 Å². The molecule has 43 heavy (non-hydrogen) atoms. The van der Waals surface area contributed by atoms with Gasteiger partial charge in [-0.25, -0.2) is 8.78 Å². The summed E-state index contributed by atoms with van der Waals surface area (Å²) in [7, 11) is 0. The van der Waals surface area contributed by atoms with Crippen LogP contribution in [0.5, 0.6) is 11.8 Å². The number of piperazine rings is 1. The van der Waals surface area contributed by atoms with Crippen molar-refractivity contribution in [2.75, 3.05) is 44.2 Å². The van der Waals surface area contributed by atoms with Gasteiger partial charge in [0, 0.05) is 48.6 Å². The van der Waals surface area contributed by atoms with Crippen LogP contribution < -0.4 is 20.5 Å². The van der Waals surface area contributed by atoms with Gasteiger partial charge < -0.3 is 25.0 Å². The van der Waals surface area contributed by atoms with Gasteiger partial charge in [0.2, 0.25) is 0 Å². The normalized spacial score (nSPS) is 24.0. The lowest BCUT2D eigenvalue weighted by atomic mass is 10.1. The highest BCUT2D eigenvalue weighted by molar-refractivity contribution is 5.93. The van der Waals surface area contributed by atoms with Crippen LogP contribution in [-0.4, -0.2) is 81.1 Å². The molecule has 2 aromatic carbocycles. The molecule has 10 nitrogen and oxygen atoms in total. The van der Waals surface area contributed by atoms with E-state index in [0.717, 1.165) is 55.6 Å². The smallest absolute Gasteiger partial charge is 0.319 e. The van der Waals surface area contributed by atoms with Crippen LogP contribution in [0.1, 0.15) is 41.3 Å². The zero-order valence-corrected chi connectivity index (χ0v) is 23.5. The number of phenolic OH excluding ortho intramolecular Hbond substituents is 1. The number of ether oxygens (including phenoxy) is 1. The van der Waals surface area contributed by atoms with E-state index in [1.165, 1.54) is 18.3 Å². The number of rotatable bonds is 7. The van der Waals surface area contributed by atoms with Gasteiger partial charge in [0.15, 0.2) is 11.6 Å². The van der Waals surface area contributed by atoms with E-state index in [-0.39, 0.29) is 45.8 Å². The number of nitrogens with zero attached hydrogens (tertiary/aromatic N) is 6. The van der Waals surface area contributed by atoms with Gasteiger partial charge in [-0.05, 0) is 69.1 Å². The molecule has 0 amide bonds. The minimum atomic E-state index is -2.10. The number of phenols is 1. The molecule has 2 bridgehead atoms. The lowest BCUT2D eigenvalue weighted by Gasteiger charge is -2.34. The molecule has 2 atom stereocenters. The van der Waals surface area contributed by atoms with Crippen LogP contribution in [0.2, 0.25) is 0 Å². The average Bonchev–Trinajstić information content (AvgIpc) is 3.48. The van der Waals surface area contributed by atoms with Gasteiger partial charge >= 0.3 is 6.01 Å². The average molecular weight is 592 g/mol. The number of aromatic nitrogens is 4. The van der Waals surface area contributed by atoms with Gasteiger partial charge in [-0.15, -0.1) is 0 Å². The molecule has 1 aliphatic carbocycles. The zero-order valence-electron chi connectivity index (χ0n) is 25.5. The van der Waals surface area contributed by atoms with Gasteiger partial charge in [0.05, 0.1) is 26.6 Å². The Morgan fingerprint density at radius 3 is 2.63 bits per heavy atom. The number of anilines is 1. The highest BCUT2D eigenvalue weighted by Crippen LogP contribution is 2.47. The molecule has 4 aliphatic rings. The quantitative estimate of drug-likeness (QED) is 0.334. The zero-order chi connectivity index (χ0) is 31.1. The van der Waals surface area contributed by atoms with Crippen LogP contribution in [-0.2, 0) is 0 Å². The van der Waals surface area contributed by atoms with Crippen molar-refractivity contribution in [2.45, 2.75) is 50.6 Å². The fourth-order valence-corrected chi connectivity index (χ4v) is 6.91. The van der Waals surface area contributed by atoms with Gasteiger partial charge in [-0.1, -0.05) is 6.07 Å². The van der Waals surface area contributed by atoms with E-state index in [4.69, 9.17) is 7.48 Å². The Morgan fingerprint density at radius 1 is 1.12 bits per heavy atom. The summed E-state index contributed by atoms with van der Waals surface area (Å²) in [5, 5.41) is 18.6. The first-order chi connectivity index (χ1) is 21.6. The van der Waals surface area contributed by atoms with Crippen LogP contribution in [0.4, 0.5) is 14.6 Å². The number of fused-ring (bicyclic) bond motifs is 4. The summed E-state index contributed by atoms with van der Waals surface area (Å²) in [5.41, 5.74) is -1.74. The van der Waals surface area contributed by atoms with Crippen molar-refractivity contribution in [3.05, 3.63) is 52.5 Å². The molecule has 0 radical (unpaired) electrons. The van der Waals surface area contributed by atoms with E-state index in [9.17, 15) is 14.3 Å². The molecule has 4 fully saturated rings. The molecule has 0 spiro atoms. The minimum Gasteiger partial charge on any atom is -0.508 e. The Morgan fingerprint density at radius 2 is 1.88 bits per heavy atom. The predicted octanol–water partition coefficient (Wildman–Crippen LogP) is 3.51. The molecule has 5 heterocycles. The number of likely N-dealkylation sites (tertiary alicyclic amines) is 1. The van der Waals surface area contributed by atoms with Crippen molar-refractivity contribution in [3.63, 3.8) is 0 Å². The van der Waals surface area contributed by atoms with E-state index < -0.39 is 29.2 Å². The molecular weight excluding hydrogens is 556 g/mol. The standard InChI is InChI=1S/C31H33F2N7O3/c32-23-6-3-18-11-21(41)12-24(25(18)26(23)33)40-29(42)27-22(13-34-40)28(39-14-19-4-5-20(15-39)35-19)37-30(36-27)43-17-31(7-8-31)16-38-9-1-2-10-38/h3,6,11-13,19-20,35,41H,1-2,4-5,7-10,14-17H2/t19-,20+/i17D2. The van der Waals surface area contributed by atoms with E-state index in [2.05, 4.69) is 25.3 Å². The molecule has 4 aromatic rings. The van der Waals surface area contributed by atoms with Crippen molar-refractivity contribution < 1.29 is 21.4 Å². The van der Waals surface area contributed by atoms with Crippen LogP contribution >= 0.6 is 0 Å². The maximum absolute atomic E-state index is 15.1. The van der Waals surface area contributed by atoms with Crippen molar-refractivity contribution in [3.8, 4) is 17.4 Å². The Balaban J connectivity index is 1.27. The summed E-state index contributed by atoms with van der Waals surface area (Å²) in [6.45, 7) is 1.58. The van der Waals surface area contributed by atoms with Crippen LogP contribution in [0, 0.1) is 17.0 Å². The van der Waals surface area contributed by atoms with E-state index in [1.54, 1.807) is 0 Å². The first kappa shape index (κ1) is 24.5. The highest BCUT2D eigenvalue weighted by atomic mass is 19.2. The lowest BCUT2D eigenvalue weighted by Crippen LogP contribution is -2.51. The van der Waals surface area contributed by atoms with Crippen molar-refractivity contribution in [2.24, 2.45) is 5.41 Å². The third-order valence-corrected chi connectivity index (χ3v) is 9.26. The van der Waals surface area contributed by atoms with Crippen LogP contribution in [0.3, 0.4) is 0 Å². The number of aromatic hydroxyl groups is 1. The largest absolute Gasteiger partial charge is 0.508 e.